The van der Waals surface area contributed by atoms with Crippen molar-refractivity contribution in [2.75, 3.05) is 33.2 Å². The van der Waals surface area contributed by atoms with Crippen molar-refractivity contribution in [3.63, 3.8) is 0 Å². The Bertz CT molecular complexity index is 1430. The minimum absolute atomic E-state index is 0.0511. The predicted octanol–water partition coefficient (Wildman–Crippen LogP) is 5.20. The largest absolute Gasteiger partial charge is 0.343 e. The molecular weight excluding hydrogens is 561 g/mol. The van der Waals surface area contributed by atoms with E-state index in [1.165, 1.54) is 0 Å². The third kappa shape index (κ3) is 6.28. The van der Waals surface area contributed by atoms with E-state index in [9.17, 15) is 14.4 Å². The number of hydrogen-bond acceptors (Lipinski definition) is 4. The monoisotopic (exact) mass is 595 g/mol. The SMILES string of the molecule is CC(=O)N1CCC(C(=O)N2CC[C@@H](N(C)C(=O)c3ccc(-n4ccc(C)n4)cc3)[C@H](c3ccc(Cl)c(Cl)c3)C2)CC1. The van der Waals surface area contributed by atoms with Gasteiger partial charge in [0.2, 0.25) is 11.8 Å². The van der Waals surface area contributed by atoms with Gasteiger partial charge in [0.1, 0.15) is 0 Å². The molecule has 10 heteroatoms. The molecule has 0 N–H and O–H groups in total. The number of carbonyl (C=O) groups is 3. The van der Waals surface area contributed by atoms with Crippen molar-refractivity contribution in [1.29, 1.82) is 0 Å². The molecule has 3 heterocycles. The molecule has 3 aromatic rings. The van der Waals surface area contributed by atoms with Gasteiger partial charge in [0.05, 0.1) is 21.4 Å². The summed E-state index contributed by atoms with van der Waals surface area (Å²) in [4.78, 5) is 44.6. The van der Waals surface area contributed by atoms with Gasteiger partial charge in [-0.3, -0.25) is 14.4 Å². The number of aryl methyl sites for hydroxylation is 1. The van der Waals surface area contributed by atoms with E-state index >= 15 is 0 Å². The Morgan fingerprint density at radius 3 is 2.20 bits per heavy atom. The van der Waals surface area contributed by atoms with Crippen LogP contribution in [0.3, 0.4) is 0 Å². The van der Waals surface area contributed by atoms with Crippen LogP contribution in [0.4, 0.5) is 0 Å². The normalized spacial score (nSPS) is 19.7. The molecule has 41 heavy (non-hydrogen) atoms. The Balaban J connectivity index is 1.34. The second kappa shape index (κ2) is 12.2. The number of likely N-dealkylation sites (tertiary alicyclic amines) is 2. The zero-order valence-corrected chi connectivity index (χ0v) is 25.1. The van der Waals surface area contributed by atoms with Gasteiger partial charge in [-0.25, -0.2) is 4.68 Å². The lowest BCUT2D eigenvalue weighted by Gasteiger charge is -2.44. The molecule has 2 aliphatic heterocycles. The fraction of sp³-hybridized carbons (Fsp3) is 0.419. The Morgan fingerprint density at radius 2 is 1.59 bits per heavy atom. The summed E-state index contributed by atoms with van der Waals surface area (Å²) in [5.74, 6) is -0.155. The molecule has 0 aliphatic carbocycles. The van der Waals surface area contributed by atoms with Crippen LogP contribution < -0.4 is 0 Å². The lowest BCUT2D eigenvalue weighted by atomic mass is 9.83. The molecule has 0 spiro atoms. The molecular formula is C31H35Cl2N5O3. The van der Waals surface area contributed by atoms with Crippen LogP contribution in [0, 0.1) is 12.8 Å². The summed E-state index contributed by atoms with van der Waals surface area (Å²) in [6, 6.07) is 14.8. The molecule has 0 unspecified atom stereocenters. The number of nitrogens with zero attached hydrogens (tertiary/aromatic N) is 5. The van der Waals surface area contributed by atoms with Gasteiger partial charge in [-0.15, -0.1) is 0 Å². The number of halogens is 2. The van der Waals surface area contributed by atoms with E-state index < -0.39 is 0 Å². The molecule has 8 nitrogen and oxygen atoms in total. The maximum Gasteiger partial charge on any atom is 0.253 e. The lowest BCUT2D eigenvalue weighted by molar-refractivity contribution is -0.141. The first-order valence-electron chi connectivity index (χ1n) is 14.0. The molecule has 2 aromatic carbocycles. The predicted molar refractivity (Wildman–Crippen MR) is 160 cm³/mol. The maximum atomic E-state index is 13.7. The van der Waals surface area contributed by atoms with Crippen LogP contribution in [0.5, 0.6) is 0 Å². The molecule has 2 aliphatic rings. The number of piperidine rings is 2. The lowest BCUT2D eigenvalue weighted by Crippen LogP contribution is -2.53. The van der Waals surface area contributed by atoms with Gasteiger partial charge in [-0.2, -0.15) is 5.10 Å². The van der Waals surface area contributed by atoms with Crippen LogP contribution in [0.15, 0.2) is 54.7 Å². The number of benzene rings is 2. The molecule has 0 radical (unpaired) electrons. The first-order valence-corrected chi connectivity index (χ1v) is 14.8. The van der Waals surface area contributed by atoms with Gasteiger partial charge >= 0.3 is 0 Å². The van der Waals surface area contributed by atoms with Crippen LogP contribution in [-0.2, 0) is 9.59 Å². The Hall–Kier alpha value is -3.36. The summed E-state index contributed by atoms with van der Waals surface area (Å²) in [6.45, 7) is 5.75. The fourth-order valence-corrected chi connectivity index (χ4v) is 6.35. The minimum Gasteiger partial charge on any atom is -0.343 e. The van der Waals surface area contributed by atoms with Crippen molar-refractivity contribution in [3.8, 4) is 5.69 Å². The Morgan fingerprint density at radius 1 is 0.902 bits per heavy atom. The maximum absolute atomic E-state index is 13.7. The number of hydrogen-bond donors (Lipinski definition) is 0. The smallest absolute Gasteiger partial charge is 0.253 e. The van der Waals surface area contributed by atoms with Crippen LogP contribution in [-0.4, -0.2) is 81.5 Å². The summed E-state index contributed by atoms with van der Waals surface area (Å²) in [5, 5.41) is 5.35. The number of carbonyl (C=O) groups excluding carboxylic acids is 3. The molecule has 5 rings (SSSR count). The van der Waals surface area contributed by atoms with E-state index in [0.717, 1.165) is 16.9 Å². The number of aromatic nitrogens is 2. The van der Waals surface area contributed by atoms with Gasteiger partial charge in [0, 0.05) is 69.8 Å². The topological polar surface area (TPSA) is 78.8 Å². The standard InChI is InChI=1S/C31H35Cl2N5O3/c1-20-10-17-38(34-20)25-7-4-22(5-8-25)30(40)35(3)29-13-16-37(19-26(29)24-6-9-27(32)28(33)18-24)31(41)23-11-14-36(15-12-23)21(2)39/h4-10,17-18,23,26,29H,11-16,19H2,1-3H3/t26-,29+/m0/s1. The summed E-state index contributed by atoms with van der Waals surface area (Å²) in [6.07, 6.45) is 3.86. The first-order chi connectivity index (χ1) is 19.6. The molecule has 0 saturated carbocycles. The Kier molecular flexibility index (Phi) is 8.71. The van der Waals surface area contributed by atoms with Crippen LogP contribution in [0.2, 0.25) is 10.0 Å². The van der Waals surface area contributed by atoms with Crippen molar-refractivity contribution >= 4 is 40.9 Å². The van der Waals surface area contributed by atoms with Crippen LogP contribution in [0.25, 0.3) is 5.69 Å². The molecule has 2 saturated heterocycles. The van der Waals surface area contributed by atoms with E-state index in [4.69, 9.17) is 23.2 Å². The third-order valence-corrected chi connectivity index (χ3v) is 9.21. The number of rotatable bonds is 5. The fourth-order valence-electron chi connectivity index (χ4n) is 6.04. The van der Waals surface area contributed by atoms with E-state index in [1.807, 2.05) is 67.5 Å². The zero-order chi connectivity index (χ0) is 29.3. The van der Waals surface area contributed by atoms with E-state index in [0.29, 0.717) is 61.1 Å². The molecule has 216 valence electrons. The van der Waals surface area contributed by atoms with E-state index in [-0.39, 0.29) is 35.6 Å². The van der Waals surface area contributed by atoms with Crippen molar-refractivity contribution in [2.45, 2.75) is 45.1 Å². The Labute approximate surface area is 250 Å². The number of amides is 3. The zero-order valence-electron chi connectivity index (χ0n) is 23.6. The van der Waals surface area contributed by atoms with Gasteiger partial charge in [0.25, 0.3) is 5.91 Å². The summed E-state index contributed by atoms with van der Waals surface area (Å²) in [7, 11) is 1.83. The summed E-state index contributed by atoms with van der Waals surface area (Å²) < 4.78 is 1.78. The highest BCUT2D eigenvalue weighted by Crippen LogP contribution is 2.35. The summed E-state index contributed by atoms with van der Waals surface area (Å²) in [5.41, 5.74) is 3.33. The number of likely N-dealkylation sites (N-methyl/N-ethyl adjacent to an activating group) is 1. The van der Waals surface area contributed by atoms with Crippen molar-refractivity contribution in [2.24, 2.45) is 5.92 Å². The second-order valence-corrected chi connectivity index (χ2v) is 11.9. The highest BCUT2D eigenvalue weighted by molar-refractivity contribution is 6.42. The summed E-state index contributed by atoms with van der Waals surface area (Å²) >= 11 is 12.6. The average Bonchev–Trinajstić information content (AvgIpc) is 3.43. The quantitative estimate of drug-likeness (QED) is 0.406. The van der Waals surface area contributed by atoms with Crippen molar-refractivity contribution in [3.05, 3.63) is 81.6 Å². The van der Waals surface area contributed by atoms with Crippen molar-refractivity contribution in [1.82, 2.24) is 24.5 Å². The minimum atomic E-state index is -0.142. The van der Waals surface area contributed by atoms with Crippen LogP contribution >= 0.6 is 23.2 Å². The molecule has 0 bridgehead atoms. The average molecular weight is 597 g/mol. The van der Waals surface area contributed by atoms with E-state index in [2.05, 4.69) is 5.10 Å². The third-order valence-electron chi connectivity index (χ3n) is 8.47. The molecule has 2 atom stereocenters. The van der Waals surface area contributed by atoms with Crippen molar-refractivity contribution < 1.29 is 14.4 Å². The molecule has 1 aromatic heterocycles. The van der Waals surface area contributed by atoms with Gasteiger partial charge in [0.15, 0.2) is 0 Å². The molecule has 2 fully saturated rings. The second-order valence-electron chi connectivity index (χ2n) is 11.1. The highest BCUT2D eigenvalue weighted by atomic mass is 35.5. The molecule has 3 amide bonds. The van der Waals surface area contributed by atoms with Crippen LogP contribution in [0.1, 0.15) is 53.7 Å². The first kappa shape index (κ1) is 29.1. The van der Waals surface area contributed by atoms with Gasteiger partial charge < -0.3 is 14.7 Å². The van der Waals surface area contributed by atoms with Gasteiger partial charge in [-0.05, 0) is 74.2 Å². The highest BCUT2D eigenvalue weighted by Gasteiger charge is 2.39. The van der Waals surface area contributed by atoms with E-state index in [1.54, 1.807) is 27.5 Å². The van der Waals surface area contributed by atoms with Gasteiger partial charge in [-0.1, -0.05) is 29.3 Å².